The molecule has 1 aromatic rings. The fraction of sp³-hybridized carbons (Fsp3) is 0.500. The van der Waals surface area contributed by atoms with E-state index in [2.05, 4.69) is 15.5 Å². The van der Waals surface area contributed by atoms with Crippen LogP contribution >= 0.6 is 0 Å². The Hall–Kier alpha value is -2.05. The van der Waals surface area contributed by atoms with Crippen LogP contribution < -0.4 is 15.8 Å². The van der Waals surface area contributed by atoms with E-state index in [4.69, 9.17) is 5.11 Å². The number of hydrogen-bond acceptors (Lipinski definition) is 4. The van der Waals surface area contributed by atoms with E-state index < -0.39 is 6.09 Å². The minimum Gasteiger partial charge on any atom is -0.465 e. The second-order valence-electron chi connectivity index (χ2n) is 4.09. The Kier molecular flexibility index (Phi) is 2.99. The number of carboxylic acid groups (broad SMARTS) is 1. The summed E-state index contributed by atoms with van der Waals surface area (Å²) >= 11 is 0. The van der Waals surface area contributed by atoms with Crippen molar-refractivity contribution in [2.75, 3.05) is 18.0 Å². The van der Waals surface area contributed by atoms with Crippen molar-refractivity contribution in [3.05, 3.63) is 22.1 Å². The van der Waals surface area contributed by atoms with Gasteiger partial charge < -0.3 is 15.3 Å². The van der Waals surface area contributed by atoms with Crippen molar-refractivity contribution in [2.45, 2.75) is 19.4 Å². The molecule has 3 N–H and O–H groups in total. The van der Waals surface area contributed by atoms with E-state index >= 15 is 0 Å². The standard InChI is InChI=1S/C10H14N4O3/c1-6-8(4-11-13-9(6)15)14-3-2-7(5-14)12-10(16)17/h4,7,12H,2-3,5H2,1H3,(H,13,15)(H,16,17)/t7-/m1/s1. The van der Waals surface area contributed by atoms with E-state index in [-0.39, 0.29) is 11.6 Å². The molecule has 0 unspecified atom stereocenters. The van der Waals surface area contributed by atoms with Gasteiger partial charge in [0.05, 0.1) is 17.9 Å². The number of rotatable bonds is 2. The molecule has 1 aromatic heterocycles. The van der Waals surface area contributed by atoms with Gasteiger partial charge in [-0.05, 0) is 13.3 Å². The van der Waals surface area contributed by atoms with Gasteiger partial charge in [0.1, 0.15) is 0 Å². The smallest absolute Gasteiger partial charge is 0.404 e. The number of nitrogens with zero attached hydrogens (tertiary/aromatic N) is 2. The van der Waals surface area contributed by atoms with E-state index in [0.717, 1.165) is 18.7 Å². The first-order valence-electron chi connectivity index (χ1n) is 5.36. The van der Waals surface area contributed by atoms with E-state index in [1.54, 1.807) is 13.1 Å². The molecule has 1 atom stereocenters. The molecule has 0 radical (unpaired) electrons. The number of aromatic nitrogens is 2. The highest BCUT2D eigenvalue weighted by molar-refractivity contribution is 5.65. The zero-order valence-corrected chi connectivity index (χ0v) is 9.43. The van der Waals surface area contributed by atoms with Crippen LogP contribution in [0.3, 0.4) is 0 Å². The predicted molar refractivity (Wildman–Crippen MR) is 61.4 cm³/mol. The molecule has 2 heterocycles. The van der Waals surface area contributed by atoms with Crippen molar-refractivity contribution in [3.63, 3.8) is 0 Å². The Bertz CT molecular complexity index is 485. The van der Waals surface area contributed by atoms with Gasteiger partial charge in [-0.3, -0.25) is 4.79 Å². The molecule has 2 rings (SSSR count). The summed E-state index contributed by atoms with van der Waals surface area (Å²) in [5, 5.41) is 17.2. The Morgan fingerprint density at radius 1 is 1.71 bits per heavy atom. The Morgan fingerprint density at radius 3 is 3.18 bits per heavy atom. The third kappa shape index (κ3) is 2.38. The van der Waals surface area contributed by atoms with E-state index in [1.165, 1.54) is 0 Å². The van der Waals surface area contributed by atoms with Crippen LogP contribution in [0.2, 0.25) is 0 Å². The maximum Gasteiger partial charge on any atom is 0.404 e. The number of anilines is 1. The van der Waals surface area contributed by atoms with Crippen LogP contribution in [0.15, 0.2) is 11.0 Å². The molecule has 92 valence electrons. The van der Waals surface area contributed by atoms with Crippen molar-refractivity contribution in [2.24, 2.45) is 0 Å². The third-order valence-corrected chi connectivity index (χ3v) is 2.93. The maximum atomic E-state index is 11.4. The lowest BCUT2D eigenvalue weighted by Crippen LogP contribution is -2.36. The molecule has 1 saturated heterocycles. The Labute approximate surface area is 97.4 Å². The number of amides is 1. The molecule has 1 aliphatic heterocycles. The van der Waals surface area contributed by atoms with Crippen molar-refractivity contribution in [3.8, 4) is 0 Å². The number of hydrogen-bond donors (Lipinski definition) is 3. The first-order valence-corrected chi connectivity index (χ1v) is 5.36. The van der Waals surface area contributed by atoms with E-state index in [1.807, 2.05) is 4.90 Å². The molecule has 1 aliphatic rings. The zero-order chi connectivity index (χ0) is 12.4. The zero-order valence-electron chi connectivity index (χ0n) is 9.43. The van der Waals surface area contributed by atoms with Gasteiger partial charge in [0.2, 0.25) is 0 Å². The molecule has 0 aliphatic carbocycles. The van der Waals surface area contributed by atoms with Gasteiger partial charge in [0, 0.05) is 18.7 Å². The lowest BCUT2D eigenvalue weighted by Gasteiger charge is -2.19. The largest absolute Gasteiger partial charge is 0.465 e. The summed E-state index contributed by atoms with van der Waals surface area (Å²) in [6.07, 6.45) is 1.32. The maximum absolute atomic E-state index is 11.4. The van der Waals surface area contributed by atoms with E-state index in [9.17, 15) is 9.59 Å². The van der Waals surface area contributed by atoms with Crippen molar-refractivity contribution in [1.82, 2.24) is 15.5 Å². The number of aromatic amines is 1. The fourth-order valence-electron chi connectivity index (χ4n) is 2.04. The topological polar surface area (TPSA) is 98.3 Å². The molecular weight excluding hydrogens is 224 g/mol. The highest BCUT2D eigenvalue weighted by Crippen LogP contribution is 2.20. The molecule has 1 amide bonds. The summed E-state index contributed by atoms with van der Waals surface area (Å²) in [4.78, 5) is 23.9. The number of carbonyl (C=O) groups is 1. The third-order valence-electron chi connectivity index (χ3n) is 2.93. The van der Waals surface area contributed by atoms with Crippen LogP contribution in [-0.4, -0.2) is 40.5 Å². The van der Waals surface area contributed by atoms with Gasteiger partial charge in [0.15, 0.2) is 0 Å². The van der Waals surface area contributed by atoms with Crippen molar-refractivity contribution >= 4 is 11.8 Å². The summed E-state index contributed by atoms with van der Waals surface area (Å²) in [7, 11) is 0. The monoisotopic (exact) mass is 238 g/mol. The molecule has 17 heavy (non-hydrogen) atoms. The molecule has 0 bridgehead atoms. The van der Waals surface area contributed by atoms with Gasteiger partial charge in [-0.25, -0.2) is 9.89 Å². The first-order chi connectivity index (χ1) is 8.08. The van der Waals surface area contributed by atoms with Crippen LogP contribution in [0.25, 0.3) is 0 Å². The molecule has 1 fully saturated rings. The first kappa shape index (κ1) is 11.4. The minimum atomic E-state index is -1.02. The number of nitrogens with one attached hydrogen (secondary N) is 2. The normalized spacial score (nSPS) is 19.4. The highest BCUT2D eigenvalue weighted by Gasteiger charge is 2.25. The Balaban J connectivity index is 2.12. The number of H-pyrrole nitrogens is 1. The molecule has 7 heteroatoms. The summed E-state index contributed by atoms with van der Waals surface area (Å²) < 4.78 is 0. The van der Waals surface area contributed by atoms with Gasteiger partial charge in [-0.1, -0.05) is 0 Å². The second kappa shape index (κ2) is 4.44. The summed E-state index contributed by atoms with van der Waals surface area (Å²) in [5.41, 5.74) is 1.16. The molecule has 0 spiro atoms. The van der Waals surface area contributed by atoms with Gasteiger partial charge in [-0.15, -0.1) is 0 Å². The summed E-state index contributed by atoms with van der Waals surface area (Å²) in [6, 6.07) is -0.0915. The fourth-order valence-corrected chi connectivity index (χ4v) is 2.04. The second-order valence-corrected chi connectivity index (χ2v) is 4.09. The summed E-state index contributed by atoms with van der Waals surface area (Å²) in [6.45, 7) is 3.02. The summed E-state index contributed by atoms with van der Waals surface area (Å²) in [5.74, 6) is 0. The van der Waals surface area contributed by atoms with Crippen LogP contribution in [0, 0.1) is 6.92 Å². The average molecular weight is 238 g/mol. The Morgan fingerprint density at radius 2 is 2.47 bits per heavy atom. The van der Waals surface area contributed by atoms with Gasteiger partial charge >= 0.3 is 6.09 Å². The predicted octanol–water partition coefficient (Wildman–Crippen LogP) is -0.0754. The molecule has 0 aromatic carbocycles. The molecule has 7 nitrogen and oxygen atoms in total. The molecular formula is C10H14N4O3. The van der Waals surface area contributed by atoms with Gasteiger partial charge in [-0.2, -0.15) is 5.10 Å². The van der Waals surface area contributed by atoms with Crippen molar-refractivity contribution in [1.29, 1.82) is 0 Å². The average Bonchev–Trinajstić information content (AvgIpc) is 2.69. The van der Waals surface area contributed by atoms with Crippen LogP contribution in [-0.2, 0) is 0 Å². The SMILES string of the molecule is Cc1c(N2CC[C@@H](NC(=O)O)C2)cn[nH]c1=O. The lowest BCUT2D eigenvalue weighted by atomic mass is 10.2. The lowest BCUT2D eigenvalue weighted by molar-refractivity contribution is 0.191. The van der Waals surface area contributed by atoms with Crippen LogP contribution in [0.5, 0.6) is 0 Å². The van der Waals surface area contributed by atoms with Crippen LogP contribution in [0.1, 0.15) is 12.0 Å². The quantitative estimate of drug-likeness (QED) is 0.669. The highest BCUT2D eigenvalue weighted by atomic mass is 16.4. The molecule has 0 saturated carbocycles. The van der Waals surface area contributed by atoms with E-state index in [0.29, 0.717) is 12.1 Å². The van der Waals surface area contributed by atoms with Crippen molar-refractivity contribution < 1.29 is 9.90 Å². The van der Waals surface area contributed by atoms with Crippen LogP contribution in [0.4, 0.5) is 10.5 Å². The minimum absolute atomic E-state index is 0.0915. The van der Waals surface area contributed by atoms with Gasteiger partial charge in [0.25, 0.3) is 5.56 Å².